The van der Waals surface area contributed by atoms with Gasteiger partial charge in [0.05, 0.1) is 0 Å². The van der Waals surface area contributed by atoms with E-state index in [9.17, 15) is 8.76 Å². The fourth-order valence-electron chi connectivity index (χ4n) is 1.45. The van der Waals surface area contributed by atoms with Gasteiger partial charge in [-0.25, -0.2) is 0 Å². The van der Waals surface area contributed by atoms with Crippen LogP contribution >= 0.6 is 0 Å². The second kappa shape index (κ2) is 9.39. The molecule has 0 N–H and O–H groups in total. The first-order valence-electron chi connectivity index (χ1n) is 6.21. The molecule has 5 heteroatoms. The Bertz CT molecular complexity index is 417. The van der Waals surface area contributed by atoms with Gasteiger partial charge in [-0.1, -0.05) is 17.7 Å². The van der Waals surface area contributed by atoms with Crippen LogP contribution in [-0.4, -0.2) is 31.5 Å². The van der Waals surface area contributed by atoms with Gasteiger partial charge in [0.2, 0.25) is 0 Å². The molecule has 18 heavy (non-hydrogen) atoms. The van der Waals surface area contributed by atoms with Crippen molar-refractivity contribution in [3.63, 3.8) is 0 Å². The van der Waals surface area contributed by atoms with Crippen LogP contribution in [0.5, 0.6) is 0 Å². The van der Waals surface area contributed by atoms with Crippen molar-refractivity contribution in [1.82, 2.24) is 0 Å². The van der Waals surface area contributed by atoms with Crippen LogP contribution < -0.4 is 0 Å². The Kier molecular flexibility index (Phi) is 9.63. The predicted molar refractivity (Wildman–Crippen MR) is 82.9 cm³/mol. The first-order chi connectivity index (χ1) is 8.35. The van der Waals surface area contributed by atoms with E-state index in [2.05, 4.69) is 32.0 Å². The number of rotatable bonds is 4. The largest absolute Gasteiger partial charge is 0.766 e. The molecule has 0 saturated carbocycles. The molecule has 1 atom stereocenters. The van der Waals surface area contributed by atoms with E-state index in [-0.39, 0.29) is 4.90 Å². The molecule has 0 aliphatic heterocycles. The van der Waals surface area contributed by atoms with E-state index in [0.29, 0.717) is 0 Å². The Morgan fingerprint density at radius 1 is 1.11 bits per heavy atom. The quantitative estimate of drug-likeness (QED) is 0.615. The molecule has 2 nitrogen and oxygen atoms in total. The summed E-state index contributed by atoms with van der Waals surface area (Å²) in [6.07, 6.45) is 0. The summed E-state index contributed by atoms with van der Waals surface area (Å²) in [6.45, 7) is 8.96. The molecule has 0 amide bonds. The zero-order valence-electron chi connectivity index (χ0n) is 11.6. The monoisotopic (exact) mass is 482 g/mol. The van der Waals surface area contributed by atoms with E-state index < -0.39 is 31.5 Å². The van der Waals surface area contributed by atoms with Gasteiger partial charge < -0.3 is 4.55 Å². The SMILES string of the molecule is C[CH2][Pb]([CH2]C)[CH2]C.Cc1ccc(S(=O)([O-])=S)cc1. The van der Waals surface area contributed by atoms with Crippen molar-refractivity contribution in [2.24, 2.45) is 0 Å². The van der Waals surface area contributed by atoms with Crippen LogP contribution in [0.1, 0.15) is 26.3 Å². The van der Waals surface area contributed by atoms with Gasteiger partial charge in [-0.15, -0.1) is 0 Å². The van der Waals surface area contributed by atoms with E-state index in [1.54, 1.807) is 24.1 Å². The van der Waals surface area contributed by atoms with Gasteiger partial charge in [0.1, 0.15) is 0 Å². The maximum atomic E-state index is 10.8. The van der Waals surface area contributed by atoms with E-state index in [1.165, 1.54) is 12.1 Å². The van der Waals surface area contributed by atoms with Crippen LogP contribution in [0.4, 0.5) is 0 Å². The Labute approximate surface area is 125 Å². The van der Waals surface area contributed by atoms with Gasteiger partial charge in [0.15, 0.2) is 0 Å². The fraction of sp³-hybridized carbons (Fsp3) is 0.538. The van der Waals surface area contributed by atoms with Crippen LogP contribution in [0.25, 0.3) is 0 Å². The van der Waals surface area contributed by atoms with Gasteiger partial charge in [-0.2, -0.15) is 0 Å². The smallest absolute Gasteiger partial charge is 0.0281 e. The van der Waals surface area contributed by atoms with Crippen molar-refractivity contribution >= 4 is 42.7 Å². The Balaban J connectivity index is 0.000000360. The molecule has 1 aromatic carbocycles. The van der Waals surface area contributed by atoms with Gasteiger partial charge in [0.25, 0.3) is 0 Å². The predicted octanol–water partition coefficient (Wildman–Crippen LogP) is 3.77. The van der Waals surface area contributed by atoms with Crippen LogP contribution in [0.15, 0.2) is 29.2 Å². The van der Waals surface area contributed by atoms with Crippen LogP contribution in [0, 0.1) is 6.92 Å². The molecule has 103 valence electrons. The van der Waals surface area contributed by atoms with Crippen molar-refractivity contribution in [2.75, 3.05) is 0 Å². The maximum Gasteiger partial charge on any atom is 0.0281 e. The Morgan fingerprint density at radius 2 is 1.50 bits per heavy atom. The van der Waals surface area contributed by atoms with Crippen molar-refractivity contribution in [3.8, 4) is 0 Å². The van der Waals surface area contributed by atoms with Crippen molar-refractivity contribution in [2.45, 2.75) is 44.5 Å². The summed E-state index contributed by atoms with van der Waals surface area (Å²) in [4.78, 5) is 0.193. The second-order valence-corrected chi connectivity index (χ2v) is 20.9. The van der Waals surface area contributed by atoms with Crippen LogP contribution in [0.3, 0.4) is 0 Å². The topological polar surface area (TPSA) is 40.1 Å². The minimum atomic E-state index is -3.44. The summed E-state index contributed by atoms with van der Waals surface area (Å²) in [5.41, 5.74) is 1.02. The minimum Gasteiger partial charge on any atom is -0.766 e. The second-order valence-electron chi connectivity index (χ2n) is 4.08. The van der Waals surface area contributed by atoms with E-state index in [1.807, 2.05) is 6.92 Å². The fourth-order valence-corrected chi connectivity index (χ4v) is 8.09. The molecule has 0 fully saturated rings. The molecule has 1 rings (SSSR count). The van der Waals surface area contributed by atoms with Crippen molar-refractivity contribution in [3.05, 3.63) is 29.8 Å². The van der Waals surface area contributed by atoms with E-state index >= 15 is 0 Å². The standard InChI is InChI=1S/C7H8O2S2.3C2H5.Pb/c1-6-2-4-7(5-3-6)11(8,9)10;3*1-2;/h2-5H,1H3,(H,8,9,10);3*1H2,2H3;/p-1. The molecule has 0 aromatic heterocycles. The van der Waals surface area contributed by atoms with Gasteiger partial charge in [0, 0.05) is 4.90 Å². The van der Waals surface area contributed by atoms with Gasteiger partial charge in [-0.05, 0) is 39.0 Å². The molecule has 0 bridgehead atoms. The third kappa shape index (κ3) is 7.81. The van der Waals surface area contributed by atoms with Crippen molar-refractivity contribution in [1.29, 1.82) is 0 Å². The molecule has 1 unspecified atom stereocenters. The number of hydrogen-bond donors (Lipinski definition) is 0. The molecular formula is C13H22O2PbS2-. The summed E-state index contributed by atoms with van der Waals surface area (Å²) >= 11 is 3.48. The van der Waals surface area contributed by atoms with E-state index in [4.69, 9.17) is 0 Å². The minimum absolute atomic E-state index is 0.193. The molecule has 0 aliphatic rings. The Morgan fingerprint density at radius 3 is 1.72 bits per heavy atom. The van der Waals surface area contributed by atoms with E-state index in [0.717, 1.165) is 5.56 Å². The number of hydrogen-bond acceptors (Lipinski definition) is 3. The average molecular weight is 482 g/mol. The first-order valence-corrected chi connectivity index (χ1v) is 16.9. The third-order valence-corrected chi connectivity index (χ3v) is 15.9. The van der Waals surface area contributed by atoms with Gasteiger partial charge in [-0.3, -0.25) is 4.21 Å². The zero-order valence-corrected chi connectivity index (χ0v) is 17.1. The molecule has 0 spiro atoms. The zero-order chi connectivity index (χ0) is 14.2. The van der Waals surface area contributed by atoms with Crippen LogP contribution in [-0.2, 0) is 20.0 Å². The first kappa shape index (κ1) is 18.5. The van der Waals surface area contributed by atoms with Crippen LogP contribution in [0.2, 0.25) is 11.9 Å². The summed E-state index contributed by atoms with van der Waals surface area (Å²) < 4.78 is 26.2. The number of benzene rings is 1. The molecular weight excluding hydrogens is 459 g/mol. The molecule has 0 heterocycles. The summed E-state index contributed by atoms with van der Waals surface area (Å²) in [5.74, 6) is 0. The maximum absolute atomic E-state index is 10.8. The molecule has 1 aromatic rings. The average Bonchev–Trinajstić information content (AvgIpc) is 2.31. The molecule has 1 radical (unpaired) electrons. The van der Waals surface area contributed by atoms with Gasteiger partial charge >= 0.3 is 55.4 Å². The summed E-state index contributed by atoms with van der Waals surface area (Å²) in [6, 6.07) is 6.47. The number of aryl methyl sites for hydroxylation is 1. The summed E-state index contributed by atoms with van der Waals surface area (Å²) in [7, 11) is -3.44. The molecule has 0 saturated heterocycles. The normalized spacial score (nSPS) is 13.7. The third-order valence-electron chi connectivity index (χ3n) is 2.81. The molecule has 0 aliphatic carbocycles. The summed E-state index contributed by atoms with van der Waals surface area (Å²) in [5, 5.41) is 0. The Hall–Kier alpha value is 0.472. The van der Waals surface area contributed by atoms with Crippen molar-refractivity contribution < 1.29 is 8.76 Å².